The minimum Gasteiger partial charge on any atom is -0.493 e. The van der Waals surface area contributed by atoms with Crippen molar-refractivity contribution in [2.75, 3.05) is 20.8 Å². The van der Waals surface area contributed by atoms with E-state index in [2.05, 4.69) is 5.10 Å². The molecule has 124 valence electrons. The molecule has 0 saturated heterocycles. The highest BCUT2D eigenvalue weighted by Gasteiger charge is 2.25. The van der Waals surface area contributed by atoms with Crippen molar-refractivity contribution in [2.45, 2.75) is 6.42 Å². The summed E-state index contributed by atoms with van der Waals surface area (Å²) in [5.41, 5.74) is 1.62. The molecule has 5 nitrogen and oxygen atoms in total. The number of rotatable bonds is 4. The Morgan fingerprint density at radius 3 is 2.58 bits per heavy atom. The van der Waals surface area contributed by atoms with Crippen LogP contribution in [0.4, 0.5) is 4.39 Å². The Morgan fingerprint density at radius 1 is 1.12 bits per heavy atom. The van der Waals surface area contributed by atoms with Crippen LogP contribution in [0.2, 0.25) is 0 Å². The minimum atomic E-state index is -0.544. The van der Waals surface area contributed by atoms with Crippen LogP contribution in [0.25, 0.3) is 0 Å². The first-order valence-electron chi connectivity index (χ1n) is 7.50. The second-order valence-electron chi connectivity index (χ2n) is 5.27. The monoisotopic (exact) mass is 328 g/mol. The predicted molar refractivity (Wildman–Crippen MR) is 88.1 cm³/mol. The number of carbonyl (C=O) groups is 1. The normalized spacial score (nSPS) is 13.6. The van der Waals surface area contributed by atoms with E-state index in [0.29, 0.717) is 24.5 Å². The lowest BCUT2D eigenvalue weighted by molar-refractivity contribution is 0.0773. The van der Waals surface area contributed by atoms with Crippen molar-refractivity contribution in [2.24, 2.45) is 5.10 Å². The van der Waals surface area contributed by atoms with Gasteiger partial charge in [0.1, 0.15) is 5.82 Å². The highest BCUT2D eigenvalue weighted by atomic mass is 19.1. The first-order valence-corrected chi connectivity index (χ1v) is 7.50. The summed E-state index contributed by atoms with van der Waals surface area (Å²) in [7, 11) is 3.13. The average Bonchev–Trinajstić information content (AvgIpc) is 3.11. The largest absolute Gasteiger partial charge is 0.493 e. The summed E-state index contributed by atoms with van der Waals surface area (Å²) in [5, 5.41) is 5.64. The van der Waals surface area contributed by atoms with Gasteiger partial charge in [0.25, 0.3) is 5.91 Å². The van der Waals surface area contributed by atoms with Crippen molar-refractivity contribution in [1.82, 2.24) is 5.01 Å². The maximum Gasteiger partial charge on any atom is 0.276 e. The molecule has 0 saturated carbocycles. The van der Waals surface area contributed by atoms with E-state index in [4.69, 9.17) is 9.47 Å². The lowest BCUT2D eigenvalue weighted by Crippen LogP contribution is -2.24. The number of methoxy groups -OCH3 is 2. The molecule has 0 spiro atoms. The summed E-state index contributed by atoms with van der Waals surface area (Å²) in [4.78, 5) is 12.4. The molecule has 24 heavy (non-hydrogen) atoms. The van der Waals surface area contributed by atoms with Crippen molar-refractivity contribution in [1.29, 1.82) is 0 Å². The van der Waals surface area contributed by atoms with E-state index >= 15 is 0 Å². The Kier molecular flexibility index (Phi) is 4.46. The first-order chi connectivity index (χ1) is 11.6. The van der Waals surface area contributed by atoms with Crippen molar-refractivity contribution < 1.29 is 18.7 Å². The van der Waals surface area contributed by atoms with Crippen LogP contribution in [0.3, 0.4) is 0 Å². The van der Waals surface area contributed by atoms with Gasteiger partial charge in [-0.25, -0.2) is 9.40 Å². The predicted octanol–water partition coefficient (Wildman–Crippen LogP) is 3.09. The lowest BCUT2D eigenvalue weighted by Gasteiger charge is -2.11. The van der Waals surface area contributed by atoms with Crippen molar-refractivity contribution in [3.05, 3.63) is 59.4 Å². The number of amides is 1. The van der Waals surface area contributed by atoms with Gasteiger partial charge in [-0.3, -0.25) is 4.79 Å². The van der Waals surface area contributed by atoms with Crippen molar-refractivity contribution in [3.8, 4) is 11.5 Å². The fourth-order valence-corrected chi connectivity index (χ4v) is 2.60. The molecule has 2 aromatic carbocycles. The van der Waals surface area contributed by atoms with E-state index in [0.717, 1.165) is 11.3 Å². The van der Waals surface area contributed by atoms with Gasteiger partial charge in [0.05, 0.1) is 32.0 Å². The van der Waals surface area contributed by atoms with Crippen LogP contribution < -0.4 is 9.47 Å². The average molecular weight is 328 g/mol. The van der Waals surface area contributed by atoms with E-state index in [-0.39, 0.29) is 5.56 Å². The van der Waals surface area contributed by atoms with E-state index in [1.807, 2.05) is 12.1 Å². The lowest BCUT2D eigenvalue weighted by atomic mass is 10.1. The van der Waals surface area contributed by atoms with Crippen LogP contribution in [0.5, 0.6) is 11.5 Å². The number of halogens is 1. The number of carbonyl (C=O) groups excluding carboxylic acids is 1. The highest BCUT2D eigenvalue weighted by molar-refractivity contribution is 6.04. The van der Waals surface area contributed by atoms with Crippen LogP contribution in [0.15, 0.2) is 47.6 Å². The third-order valence-electron chi connectivity index (χ3n) is 3.86. The van der Waals surface area contributed by atoms with E-state index < -0.39 is 11.7 Å². The van der Waals surface area contributed by atoms with Gasteiger partial charge in [0, 0.05) is 12.0 Å². The van der Waals surface area contributed by atoms with Gasteiger partial charge in [0.15, 0.2) is 11.5 Å². The van der Waals surface area contributed by atoms with E-state index in [1.54, 1.807) is 32.4 Å². The number of hydrogen-bond acceptors (Lipinski definition) is 4. The Morgan fingerprint density at radius 2 is 1.88 bits per heavy atom. The summed E-state index contributed by atoms with van der Waals surface area (Å²) < 4.78 is 24.3. The van der Waals surface area contributed by atoms with Crippen molar-refractivity contribution in [3.63, 3.8) is 0 Å². The molecule has 0 aliphatic carbocycles. The van der Waals surface area contributed by atoms with Gasteiger partial charge in [-0.2, -0.15) is 5.10 Å². The molecule has 0 aromatic heterocycles. The molecule has 1 aliphatic heterocycles. The zero-order valence-electron chi connectivity index (χ0n) is 13.5. The molecule has 0 radical (unpaired) electrons. The van der Waals surface area contributed by atoms with E-state index in [1.165, 1.54) is 17.1 Å². The molecule has 0 unspecified atom stereocenters. The molecule has 0 atom stereocenters. The van der Waals surface area contributed by atoms with Gasteiger partial charge in [-0.15, -0.1) is 0 Å². The molecule has 1 aliphatic rings. The highest BCUT2D eigenvalue weighted by Crippen LogP contribution is 2.29. The van der Waals surface area contributed by atoms with Crippen LogP contribution in [-0.2, 0) is 0 Å². The number of hydrogen-bond donors (Lipinski definition) is 0. The van der Waals surface area contributed by atoms with E-state index in [9.17, 15) is 9.18 Å². The second kappa shape index (κ2) is 6.70. The summed E-state index contributed by atoms with van der Waals surface area (Å²) >= 11 is 0. The van der Waals surface area contributed by atoms with Crippen LogP contribution in [0.1, 0.15) is 22.3 Å². The van der Waals surface area contributed by atoms with Gasteiger partial charge in [-0.1, -0.05) is 12.1 Å². The summed E-state index contributed by atoms with van der Waals surface area (Å²) in [6.45, 7) is 0.414. The van der Waals surface area contributed by atoms with Gasteiger partial charge < -0.3 is 9.47 Å². The summed E-state index contributed by atoms with van der Waals surface area (Å²) in [5.74, 6) is 0.233. The molecule has 1 heterocycles. The molecule has 0 N–H and O–H groups in total. The molecule has 0 fully saturated rings. The molecular formula is C18H17FN2O3. The zero-order chi connectivity index (χ0) is 17.1. The number of nitrogens with zero attached hydrogens (tertiary/aromatic N) is 2. The van der Waals surface area contributed by atoms with Crippen molar-refractivity contribution >= 4 is 11.6 Å². The topological polar surface area (TPSA) is 51.1 Å². The summed E-state index contributed by atoms with van der Waals surface area (Å²) in [6, 6.07) is 11.4. The Hall–Kier alpha value is -2.89. The van der Waals surface area contributed by atoms with Crippen LogP contribution in [0, 0.1) is 5.82 Å². The fraction of sp³-hybridized carbons (Fsp3) is 0.222. The van der Waals surface area contributed by atoms with Crippen LogP contribution in [-0.4, -0.2) is 37.4 Å². The fourth-order valence-electron chi connectivity index (χ4n) is 2.60. The maximum atomic E-state index is 13.8. The standard InChI is InChI=1S/C18H17FN2O3/c1-23-16-8-7-12(11-17(16)24-2)15-9-10-21(20-15)18(22)13-5-3-4-6-14(13)19/h3-8,11H,9-10H2,1-2H3. The molecule has 0 bridgehead atoms. The Labute approximate surface area is 139 Å². The Balaban J connectivity index is 1.86. The molecular weight excluding hydrogens is 311 g/mol. The number of benzene rings is 2. The minimum absolute atomic E-state index is 0.0230. The first kappa shape index (κ1) is 16.0. The molecule has 3 rings (SSSR count). The number of hydrazone groups is 1. The van der Waals surface area contributed by atoms with Crippen LogP contribution >= 0.6 is 0 Å². The molecule has 6 heteroatoms. The SMILES string of the molecule is COc1ccc(C2=NN(C(=O)c3ccccc3F)CC2)cc1OC. The second-order valence-corrected chi connectivity index (χ2v) is 5.27. The number of ether oxygens (including phenoxy) is 2. The summed E-state index contributed by atoms with van der Waals surface area (Å²) in [6.07, 6.45) is 0.593. The smallest absolute Gasteiger partial charge is 0.276 e. The third-order valence-corrected chi connectivity index (χ3v) is 3.86. The Bertz CT molecular complexity index is 805. The zero-order valence-corrected chi connectivity index (χ0v) is 13.5. The molecule has 2 aromatic rings. The third kappa shape index (κ3) is 2.95. The molecule has 1 amide bonds. The van der Waals surface area contributed by atoms with Gasteiger partial charge in [0.2, 0.25) is 0 Å². The quantitative estimate of drug-likeness (QED) is 0.866. The maximum absolute atomic E-state index is 13.8. The van der Waals surface area contributed by atoms with Gasteiger partial charge in [-0.05, 0) is 30.3 Å². The van der Waals surface area contributed by atoms with Gasteiger partial charge >= 0.3 is 0 Å².